The van der Waals surface area contributed by atoms with Crippen molar-refractivity contribution in [3.8, 4) is 0 Å². The molecular formula is C21H20O4. The minimum atomic E-state index is -1.10. The van der Waals surface area contributed by atoms with Crippen LogP contribution in [-0.2, 0) is 25.0 Å². The quantitative estimate of drug-likeness (QED) is 0.755. The van der Waals surface area contributed by atoms with Crippen LogP contribution in [0.5, 0.6) is 0 Å². The lowest BCUT2D eigenvalue weighted by Crippen LogP contribution is -2.53. The molecule has 2 atom stereocenters. The maximum absolute atomic E-state index is 6.42. The fraction of sp³-hybridized carbons (Fsp3) is 0.333. The topological polar surface area (TPSA) is 36.9 Å². The van der Waals surface area contributed by atoms with Crippen LogP contribution in [0, 0.1) is 0 Å². The van der Waals surface area contributed by atoms with E-state index in [1.165, 1.54) is 0 Å². The minimum Gasteiger partial charge on any atom is -0.452 e. The number of hydrogen-bond acceptors (Lipinski definition) is 4. The second-order valence-corrected chi connectivity index (χ2v) is 6.86. The molecule has 2 aromatic rings. The van der Waals surface area contributed by atoms with E-state index in [0.29, 0.717) is 0 Å². The van der Waals surface area contributed by atoms with Gasteiger partial charge in [0, 0.05) is 24.0 Å². The molecule has 1 aliphatic carbocycles. The average Bonchev–Trinajstić information content (AvgIpc) is 3.29. The molecule has 3 aliphatic rings. The Morgan fingerprint density at radius 1 is 0.800 bits per heavy atom. The Hall–Kier alpha value is -2.14. The summed E-state index contributed by atoms with van der Waals surface area (Å²) in [7, 11) is 0. The summed E-state index contributed by atoms with van der Waals surface area (Å²) in [5, 5.41) is 0. The van der Waals surface area contributed by atoms with E-state index in [9.17, 15) is 0 Å². The molecule has 128 valence electrons. The number of benzene rings is 2. The first-order valence-electron chi connectivity index (χ1n) is 8.86. The van der Waals surface area contributed by atoms with Crippen LogP contribution >= 0.6 is 0 Å². The maximum Gasteiger partial charge on any atom is 0.296 e. The smallest absolute Gasteiger partial charge is 0.296 e. The van der Waals surface area contributed by atoms with Gasteiger partial charge in [0.1, 0.15) is 5.76 Å². The third-order valence-electron chi connectivity index (χ3n) is 5.20. The highest BCUT2D eigenvalue weighted by Crippen LogP contribution is 2.51. The number of hydrogen-bond donors (Lipinski definition) is 0. The van der Waals surface area contributed by atoms with E-state index in [4.69, 9.17) is 19.2 Å². The van der Waals surface area contributed by atoms with Gasteiger partial charge < -0.3 is 9.47 Å². The van der Waals surface area contributed by atoms with Gasteiger partial charge in [-0.25, -0.2) is 0 Å². The van der Waals surface area contributed by atoms with Gasteiger partial charge in [0.15, 0.2) is 6.10 Å². The first-order valence-corrected chi connectivity index (χ1v) is 8.86. The van der Waals surface area contributed by atoms with Crippen molar-refractivity contribution < 1.29 is 19.2 Å². The highest BCUT2D eigenvalue weighted by atomic mass is 17.3. The van der Waals surface area contributed by atoms with Gasteiger partial charge in [-0.2, -0.15) is 9.78 Å². The van der Waals surface area contributed by atoms with Gasteiger partial charge in [-0.1, -0.05) is 60.7 Å². The lowest BCUT2D eigenvalue weighted by Gasteiger charge is -2.44. The van der Waals surface area contributed by atoms with Crippen LogP contribution in [0.1, 0.15) is 36.8 Å². The highest BCUT2D eigenvalue weighted by Gasteiger charge is 2.59. The Labute approximate surface area is 146 Å². The summed E-state index contributed by atoms with van der Waals surface area (Å²) in [6.45, 7) is 0. The molecule has 1 saturated carbocycles. The first kappa shape index (κ1) is 15.1. The van der Waals surface area contributed by atoms with Gasteiger partial charge in [-0.3, -0.25) is 0 Å². The zero-order chi connectivity index (χ0) is 16.7. The Kier molecular flexibility index (Phi) is 3.45. The van der Waals surface area contributed by atoms with E-state index in [-0.39, 0.29) is 6.10 Å². The number of fused-ring (bicyclic) bond motifs is 1. The van der Waals surface area contributed by atoms with Gasteiger partial charge >= 0.3 is 0 Å². The first-order chi connectivity index (χ1) is 12.3. The monoisotopic (exact) mass is 336 g/mol. The highest BCUT2D eigenvalue weighted by molar-refractivity contribution is 5.63. The summed E-state index contributed by atoms with van der Waals surface area (Å²) in [5.74, 6) is -0.983. The van der Waals surface area contributed by atoms with Crippen molar-refractivity contribution in [3.63, 3.8) is 0 Å². The largest absolute Gasteiger partial charge is 0.452 e. The molecule has 1 spiro atoms. The Morgan fingerprint density at radius 2 is 1.48 bits per heavy atom. The van der Waals surface area contributed by atoms with E-state index in [1.807, 2.05) is 66.7 Å². The Bertz CT molecular complexity index is 780. The number of ether oxygens (including phenoxy) is 2. The molecule has 2 fully saturated rings. The van der Waals surface area contributed by atoms with Crippen LogP contribution in [0.15, 0.2) is 66.7 Å². The van der Waals surface area contributed by atoms with Crippen molar-refractivity contribution in [1.82, 2.24) is 0 Å². The van der Waals surface area contributed by atoms with Gasteiger partial charge in [0.25, 0.3) is 5.79 Å². The molecule has 0 unspecified atom stereocenters. The standard InChI is InChI=1S/C21H20O4/c1-3-9-16(10-4-1)18-15-19-21(22-18,17-11-5-2-6-12-17)25-24-20(23-19)13-7-8-14-20/h1-6,9-12,15,19H,7-8,13-14H2/t19-,21-/m1/s1. The van der Waals surface area contributed by atoms with Crippen LogP contribution in [0.3, 0.4) is 0 Å². The fourth-order valence-corrected chi connectivity index (χ4v) is 3.88. The van der Waals surface area contributed by atoms with E-state index in [2.05, 4.69) is 0 Å². The third kappa shape index (κ3) is 2.41. The average molecular weight is 336 g/mol. The normalized spacial score (nSPS) is 29.9. The van der Waals surface area contributed by atoms with Crippen molar-refractivity contribution in [1.29, 1.82) is 0 Å². The van der Waals surface area contributed by atoms with Crippen molar-refractivity contribution in [2.45, 2.75) is 43.4 Å². The van der Waals surface area contributed by atoms with Crippen LogP contribution < -0.4 is 0 Å². The molecule has 4 nitrogen and oxygen atoms in total. The molecule has 0 N–H and O–H groups in total. The minimum absolute atomic E-state index is 0.350. The fourth-order valence-electron chi connectivity index (χ4n) is 3.88. The summed E-state index contributed by atoms with van der Waals surface area (Å²) in [4.78, 5) is 11.8. The number of rotatable bonds is 2. The lowest BCUT2D eigenvalue weighted by molar-refractivity contribution is -0.558. The Morgan fingerprint density at radius 3 is 2.20 bits per heavy atom. The van der Waals surface area contributed by atoms with Gasteiger partial charge in [0.05, 0.1) is 0 Å². The molecule has 1 saturated heterocycles. The SMILES string of the molecule is C1=C(c2ccccc2)O[C@]2(c3ccccc3)OOC3(CCCC3)O[C@H]12. The predicted octanol–water partition coefficient (Wildman–Crippen LogP) is 4.53. The van der Waals surface area contributed by atoms with Gasteiger partial charge in [-0.15, -0.1) is 0 Å². The third-order valence-corrected chi connectivity index (χ3v) is 5.20. The molecule has 4 heteroatoms. The molecule has 0 amide bonds. The molecular weight excluding hydrogens is 316 g/mol. The zero-order valence-electron chi connectivity index (χ0n) is 13.9. The summed E-state index contributed by atoms with van der Waals surface area (Å²) < 4.78 is 12.7. The zero-order valence-corrected chi connectivity index (χ0v) is 13.9. The molecule has 0 bridgehead atoms. The van der Waals surface area contributed by atoms with Crippen molar-refractivity contribution in [2.75, 3.05) is 0 Å². The van der Waals surface area contributed by atoms with Crippen molar-refractivity contribution in [3.05, 3.63) is 77.9 Å². The molecule has 2 aromatic carbocycles. The second kappa shape index (κ2) is 5.70. The molecule has 5 rings (SSSR count). The second-order valence-electron chi connectivity index (χ2n) is 6.86. The summed E-state index contributed by atoms with van der Waals surface area (Å²) in [5.41, 5.74) is 1.88. The summed E-state index contributed by atoms with van der Waals surface area (Å²) in [6.07, 6.45) is 5.54. The molecule has 0 radical (unpaired) electrons. The van der Waals surface area contributed by atoms with Crippen LogP contribution in [0.2, 0.25) is 0 Å². The van der Waals surface area contributed by atoms with Crippen LogP contribution in [0.25, 0.3) is 5.76 Å². The van der Waals surface area contributed by atoms with Crippen molar-refractivity contribution >= 4 is 5.76 Å². The molecule has 2 aliphatic heterocycles. The van der Waals surface area contributed by atoms with E-state index < -0.39 is 11.6 Å². The summed E-state index contributed by atoms with van der Waals surface area (Å²) in [6, 6.07) is 19.9. The van der Waals surface area contributed by atoms with E-state index in [0.717, 1.165) is 42.6 Å². The van der Waals surface area contributed by atoms with E-state index in [1.54, 1.807) is 0 Å². The van der Waals surface area contributed by atoms with Crippen LogP contribution in [-0.4, -0.2) is 11.9 Å². The molecule has 0 aromatic heterocycles. The van der Waals surface area contributed by atoms with Crippen molar-refractivity contribution in [2.24, 2.45) is 0 Å². The van der Waals surface area contributed by atoms with E-state index >= 15 is 0 Å². The molecule has 2 heterocycles. The maximum atomic E-state index is 6.42. The lowest BCUT2D eigenvalue weighted by atomic mass is 10.00. The van der Waals surface area contributed by atoms with Gasteiger partial charge in [0.2, 0.25) is 5.79 Å². The molecule has 25 heavy (non-hydrogen) atoms. The predicted molar refractivity (Wildman–Crippen MR) is 91.9 cm³/mol. The summed E-state index contributed by atoms with van der Waals surface area (Å²) >= 11 is 0. The Balaban J connectivity index is 1.56. The van der Waals surface area contributed by atoms with Crippen LogP contribution in [0.4, 0.5) is 0 Å². The van der Waals surface area contributed by atoms with Gasteiger partial charge in [-0.05, 0) is 18.9 Å².